The summed E-state index contributed by atoms with van der Waals surface area (Å²) in [5.41, 5.74) is 8.12. The second kappa shape index (κ2) is 6.14. The summed E-state index contributed by atoms with van der Waals surface area (Å²) in [6.07, 6.45) is 3.81. The summed E-state index contributed by atoms with van der Waals surface area (Å²) in [4.78, 5) is 2.41. The number of ether oxygens (including phenoxy) is 1. The third-order valence-electron chi connectivity index (χ3n) is 4.23. The van der Waals surface area contributed by atoms with Gasteiger partial charge < -0.3 is 15.4 Å². The number of nitrogen functional groups attached to an aromatic ring is 1. The third-order valence-corrected chi connectivity index (χ3v) is 5.51. The smallest absolute Gasteiger partial charge is 0.121 e. The van der Waals surface area contributed by atoms with E-state index in [1.807, 2.05) is 24.1 Å². The summed E-state index contributed by atoms with van der Waals surface area (Å²) in [6.45, 7) is 3.45. The maximum absolute atomic E-state index is 6.15. The molecule has 110 valence electrons. The fourth-order valence-electron chi connectivity index (χ4n) is 3.10. The second-order valence-corrected chi connectivity index (χ2v) is 6.61. The largest absolute Gasteiger partial charge is 0.497 e. The SMILES string of the molecule is COc1ccc(N2CCC(N3CCCS3)CC2)c(N)c1. The van der Waals surface area contributed by atoms with Crippen LogP contribution in [0, 0.1) is 0 Å². The molecule has 0 aliphatic carbocycles. The summed E-state index contributed by atoms with van der Waals surface area (Å²) < 4.78 is 7.81. The van der Waals surface area contributed by atoms with Crippen molar-refractivity contribution < 1.29 is 4.74 Å². The minimum Gasteiger partial charge on any atom is -0.497 e. The monoisotopic (exact) mass is 293 g/mol. The Morgan fingerprint density at radius 1 is 1.25 bits per heavy atom. The standard InChI is InChI=1S/C15H23N3OS/c1-19-13-3-4-15(14(16)11-13)17-8-5-12(6-9-17)18-7-2-10-20-18/h3-4,11-12H,2,5-10,16H2,1H3. The van der Waals surface area contributed by atoms with Gasteiger partial charge in [-0.15, -0.1) is 0 Å². The van der Waals surface area contributed by atoms with Gasteiger partial charge >= 0.3 is 0 Å². The van der Waals surface area contributed by atoms with Crippen LogP contribution in [0.15, 0.2) is 18.2 Å². The first-order valence-corrected chi connectivity index (χ1v) is 8.30. The molecule has 0 saturated carbocycles. The van der Waals surface area contributed by atoms with Crippen molar-refractivity contribution in [1.29, 1.82) is 0 Å². The van der Waals surface area contributed by atoms with E-state index < -0.39 is 0 Å². The Bertz CT molecular complexity index is 454. The van der Waals surface area contributed by atoms with Gasteiger partial charge in [-0.05, 0) is 31.4 Å². The van der Waals surface area contributed by atoms with Crippen LogP contribution in [0.25, 0.3) is 0 Å². The topological polar surface area (TPSA) is 41.7 Å². The van der Waals surface area contributed by atoms with Crippen LogP contribution in [0.3, 0.4) is 0 Å². The first kappa shape index (κ1) is 13.9. The number of anilines is 2. The molecule has 0 radical (unpaired) electrons. The van der Waals surface area contributed by atoms with E-state index in [-0.39, 0.29) is 0 Å². The van der Waals surface area contributed by atoms with Gasteiger partial charge in [-0.25, -0.2) is 4.31 Å². The molecule has 2 N–H and O–H groups in total. The molecule has 0 unspecified atom stereocenters. The van der Waals surface area contributed by atoms with Crippen LogP contribution in [0.5, 0.6) is 5.75 Å². The Hall–Kier alpha value is -1.07. The van der Waals surface area contributed by atoms with Gasteiger partial charge in [0.15, 0.2) is 0 Å². The van der Waals surface area contributed by atoms with Crippen LogP contribution < -0.4 is 15.4 Å². The molecule has 5 heteroatoms. The van der Waals surface area contributed by atoms with Crippen LogP contribution in [-0.4, -0.2) is 42.8 Å². The molecule has 0 bridgehead atoms. The van der Waals surface area contributed by atoms with Gasteiger partial charge in [0.25, 0.3) is 0 Å². The van der Waals surface area contributed by atoms with Crippen LogP contribution in [-0.2, 0) is 0 Å². The van der Waals surface area contributed by atoms with Crippen molar-refractivity contribution >= 4 is 23.3 Å². The molecule has 2 aliphatic heterocycles. The predicted octanol–water partition coefficient (Wildman–Crippen LogP) is 2.60. The van der Waals surface area contributed by atoms with Crippen molar-refractivity contribution in [3.63, 3.8) is 0 Å². The number of rotatable bonds is 3. The highest BCUT2D eigenvalue weighted by Gasteiger charge is 2.27. The summed E-state index contributed by atoms with van der Waals surface area (Å²) in [5.74, 6) is 2.13. The summed E-state index contributed by atoms with van der Waals surface area (Å²) in [5, 5.41) is 0. The van der Waals surface area contributed by atoms with Gasteiger partial charge in [0.05, 0.1) is 18.5 Å². The predicted molar refractivity (Wildman–Crippen MR) is 86.4 cm³/mol. The van der Waals surface area contributed by atoms with Crippen LogP contribution in [0.4, 0.5) is 11.4 Å². The van der Waals surface area contributed by atoms with E-state index in [4.69, 9.17) is 10.5 Å². The number of hydrogen-bond acceptors (Lipinski definition) is 5. The van der Waals surface area contributed by atoms with Crippen molar-refractivity contribution in [2.45, 2.75) is 25.3 Å². The molecule has 3 rings (SSSR count). The summed E-state index contributed by atoms with van der Waals surface area (Å²) in [7, 11) is 1.67. The fraction of sp³-hybridized carbons (Fsp3) is 0.600. The first-order chi connectivity index (χ1) is 9.78. The van der Waals surface area contributed by atoms with Crippen molar-refractivity contribution in [2.75, 3.05) is 43.1 Å². The third kappa shape index (κ3) is 2.83. The highest BCUT2D eigenvalue weighted by molar-refractivity contribution is 7.97. The molecular weight excluding hydrogens is 270 g/mol. The normalized spacial score (nSPS) is 21.4. The van der Waals surface area contributed by atoms with Gasteiger partial charge in [0, 0.05) is 37.5 Å². The maximum Gasteiger partial charge on any atom is 0.121 e. The quantitative estimate of drug-likeness (QED) is 0.685. The zero-order valence-electron chi connectivity index (χ0n) is 12.0. The molecule has 0 amide bonds. The number of benzene rings is 1. The summed E-state index contributed by atoms with van der Waals surface area (Å²) >= 11 is 2.03. The van der Waals surface area contributed by atoms with E-state index in [0.717, 1.165) is 36.3 Å². The van der Waals surface area contributed by atoms with Gasteiger partial charge in [-0.3, -0.25) is 0 Å². The highest BCUT2D eigenvalue weighted by atomic mass is 32.2. The van der Waals surface area contributed by atoms with Crippen LogP contribution >= 0.6 is 11.9 Å². The van der Waals surface area contributed by atoms with E-state index in [1.165, 1.54) is 31.6 Å². The molecule has 2 fully saturated rings. The maximum atomic E-state index is 6.15. The zero-order chi connectivity index (χ0) is 13.9. The van der Waals surface area contributed by atoms with Gasteiger partial charge in [0.1, 0.15) is 5.75 Å². The molecular formula is C15H23N3OS. The van der Waals surface area contributed by atoms with E-state index in [2.05, 4.69) is 15.3 Å². The Balaban J connectivity index is 1.62. The molecule has 2 saturated heterocycles. The number of methoxy groups -OCH3 is 1. The number of hydrogen-bond donors (Lipinski definition) is 1. The van der Waals surface area contributed by atoms with Crippen molar-refractivity contribution in [3.8, 4) is 5.75 Å². The van der Waals surface area contributed by atoms with Gasteiger partial charge in [-0.1, -0.05) is 11.9 Å². The van der Waals surface area contributed by atoms with Crippen LogP contribution in [0.1, 0.15) is 19.3 Å². The lowest BCUT2D eigenvalue weighted by Crippen LogP contribution is -2.41. The number of piperidine rings is 1. The minimum atomic E-state index is 0.748. The van der Waals surface area contributed by atoms with E-state index in [1.54, 1.807) is 7.11 Å². The van der Waals surface area contributed by atoms with Crippen molar-refractivity contribution in [2.24, 2.45) is 0 Å². The second-order valence-electron chi connectivity index (χ2n) is 5.47. The van der Waals surface area contributed by atoms with E-state index in [0.29, 0.717) is 0 Å². The molecule has 2 heterocycles. The molecule has 0 aromatic heterocycles. The Kier molecular flexibility index (Phi) is 4.27. The van der Waals surface area contributed by atoms with Gasteiger partial charge in [0.2, 0.25) is 0 Å². The Morgan fingerprint density at radius 3 is 2.65 bits per heavy atom. The molecule has 0 atom stereocenters. The molecule has 20 heavy (non-hydrogen) atoms. The zero-order valence-corrected chi connectivity index (χ0v) is 12.9. The summed E-state index contributed by atoms with van der Waals surface area (Å²) in [6, 6.07) is 6.74. The fourth-order valence-corrected chi connectivity index (χ4v) is 4.27. The average Bonchev–Trinajstić information content (AvgIpc) is 3.01. The molecule has 2 aliphatic rings. The number of nitrogens with two attached hydrogens (primary N) is 1. The molecule has 4 nitrogen and oxygen atoms in total. The lowest BCUT2D eigenvalue weighted by atomic mass is 10.0. The lowest BCUT2D eigenvalue weighted by Gasteiger charge is -2.37. The number of nitrogens with zero attached hydrogens (tertiary/aromatic N) is 2. The first-order valence-electron chi connectivity index (χ1n) is 7.36. The van der Waals surface area contributed by atoms with Crippen molar-refractivity contribution in [3.05, 3.63) is 18.2 Å². The minimum absolute atomic E-state index is 0.748. The Labute approximate surface area is 125 Å². The van der Waals surface area contributed by atoms with E-state index in [9.17, 15) is 0 Å². The van der Waals surface area contributed by atoms with Gasteiger partial charge in [-0.2, -0.15) is 0 Å². The molecule has 0 spiro atoms. The highest BCUT2D eigenvalue weighted by Crippen LogP contribution is 2.33. The lowest BCUT2D eigenvalue weighted by molar-refractivity contribution is 0.309. The molecule has 1 aromatic rings. The molecule has 1 aromatic carbocycles. The average molecular weight is 293 g/mol. The van der Waals surface area contributed by atoms with Crippen LogP contribution in [0.2, 0.25) is 0 Å². The van der Waals surface area contributed by atoms with Crippen molar-refractivity contribution in [1.82, 2.24) is 4.31 Å². The van der Waals surface area contributed by atoms with E-state index >= 15 is 0 Å². The Morgan fingerprint density at radius 2 is 2.05 bits per heavy atom.